The zero-order valence-electron chi connectivity index (χ0n) is 11.0. The second kappa shape index (κ2) is 5.29. The zero-order chi connectivity index (χ0) is 13.1. The van der Waals surface area contributed by atoms with Gasteiger partial charge in [-0.1, -0.05) is 0 Å². The van der Waals surface area contributed by atoms with Crippen molar-refractivity contribution >= 4 is 11.6 Å². The molecule has 1 aromatic carbocycles. The van der Waals surface area contributed by atoms with Gasteiger partial charge in [-0.05, 0) is 43.9 Å². The Morgan fingerprint density at radius 1 is 1.50 bits per heavy atom. The fraction of sp³-hybridized carbons (Fsp3) is 0.500. The molecule has 1 aliphatic rings. The van der Waals surface area contributed by atoms with Crippen molar-refractivity contribution < 1.29 is 9.53 Å². The van der Waals surface area contributed by atoms with E-state index in [0.717, 1.165) is 13.1 Å². The Kier molecular flexibility index (Phi) is 3.75. The van der Waals surface area contributed by atoms with Crippen molar-refractivity contribution in [1.82, 2.24) is 4.90 Å². The maximum atomic E-state index is 12.3. The van der Waals surface area contributed by atoms with E-state index in [4.69, 9.17) is 10.5 Å². The average molecular weight is 248 g/mol. The first-order valence-corrected chi connectivity index (χ1v) is 6.38. The number of rotatable bonds is 5. The standard InChI is InChI=1S/C14H20N2O2/c1-3-16(9-10-4-5-10)14(17)11-6-7-13(18-2)12(15)8-11/h6-8,10H,3-5,9,15H2,1-2H3. The molecule has 0 aromatic heterocycles. The first-order chi connectivity index (χ1) is 8.65. The molecule has 0 aliphatic heterocycles. The number of hydrogen-bond acceptors (Lipinski definition) is 3. The number of benzene rings is 1. The lowest BCUT2D eigenvalue weighted by molar-refractivity contribution is 0.0757. The number of hydrogen-bond donors (Lipinski definition) is 1. The van der Waals surface area contributed by atoms with Gasteiger partial charge >= 0.3 is 0 Å². The van der Waals surface area contributed by atoms with Crippen LogP contribution in [0.2, 0.25) is 0 Å². The van der Waals surface area contributed by atoms with Gasteiger partial charge in [0.05, 0.1) is 12.8 Å². The zero-order valence-corrected chi connectivity index (χ0v) is 11.0. The molecule has 98 valence electrons. The molecular formula is C14H20N2O2. The Balaban J connectivity index is 2.13. The third-order valence-corrected chi connectivity index (χ3v) is 3.32. The Labute approximate surface area is 108 Å². The molecule has 18 heavy (non-hydrogen) atoms. The third-order valence-electron chi connectivity index (χ3n) is 3.32. The lowest BCUT2D eigenvalue weighted by atomic mass is 10.1. The number of methoxy groups -OCH3 is 1. The average Bonchev–Trinajstić information content (AvgIpc) is 3.19. The number of carbonyl (C=O) groups excluding carboxylic acids is 1. The predicted octanol–water partition coefficient (Wildman–Crippen LogP) is 2.15. The SMILES string of the molecule is CCN(CC1CC1)C(=O)c1ccc(OC)c(N)c1. The van der Waals surface area contributed by atoms with Crippen LogP contribution in [0.4, 0.5) is 5.69 Å². The molecule has 0 atom stereocenters. The normalized spacial score (nSPS) is 14.3. The molecule has 4 nitrogen and oxygen atoms in total. The monoisotopic (exact) mass is 248 g/mol. The van der Waals surface area contributed by atoms with E-state index in [9.17, 15) is 4.79 Å². The number of nitrogens with two attached hydrogens (primary N) is 1. The largest absolute Gasteiger partial charge is 0.495 e. The number of anilines is 1. The van der Waals surface area contributed by atoms with Crippen molar-refractivity contribution in [1.29, 1.82) is 0 Å². The maximum absolute atomic E-state index is 12.3. The molecule has 2 rings (SSSR count). The van der Waals surface area contributed by atoms with Crippen LogP contribution in [0.1, 0.15) is 30.1 Å². The van der Waals surface area contributed by atoms with Gasteiger partial charge in [0.1, 0.15) is 5.75 Å². The lowest BCUT2D eigenvalue weighted by Crippen LogP contribution is -2.32. The highest BCUT2D eigenvalue weighted by atomic mass is 16.5. The molecule has 1 fully saturated rings. The second-order valence-electron chi connectivity index (χ2n) is 4.74. The molecule has 2 N–H and O–H groups in total. The maximum Gasteiger partial charge on any atom is 0.253 e. The molecule has 1 aliphatic carbocycles. The van der Waals surface area contributed by atoms with Crippen LogP contribution in [0.5, 0.6) is 5.75 Å². The Morgan fingerprint density at radius 2 is 2.22 bits per heavy atom. The lowest BCUT2D eigenvalue weighted by Gasteiger charge is -2.21. The van der Waals surface area contributed by atoms with Crippen LogP contribution in [0.25, 0.3) is 0 Å². The molecule has 0 bridgehead atoms. The third kappa shape index (κ3) is 2.75. The van der Waals surface area contributed by atoms with Gasteiger partial charge in [-0.15, -0.1) is 0 Å². The Bertz CT molecular complexity index is 441. The van der Waals surface area contributed by atoms with E-state index in [0.29, 0.717) is 22.9 Å². The predicted molar refractivity (Wildman–Crippen MR) is 71.7 cm³/mol. The number of carbonyl (C=O) groups is 1. The van der Waals surface area contributed by atoms with Crippen LogP contribution in [-0.2, 0) is 0 Å². The highest BCUT2D eigenvalue weighted by Gasteiger charge is 2.26. The molecule has 4 heteroatoms. The molecular weight excluding hydrogens is 228 g/mol. The number of ether oxygens (including phenoxy) is 1. The van der Waals surface area contributed by atoms with Crippen molar-refractivity contribution in [2.24, 2.45) is 5.92 Å². The first kappa shape index (κ1) is 12.7. The van der Waals surface area contributed by atoms with Gasteiger partial charge in [-0.25, -0.2) is 0 Å². The van der Waals surface area contributed by atoms with Gasteiger partial charge in [-0.2, -0.15) is 0 Å². The van der Waals surface area contributed by atoms with Crippen LogP contribution >= 0.6 is 0 Å². The van der Waals surface area contributed by atoms with Crippen molar-refractivity contribution in [3.05, 3.63) is 23.8 Å². The minimum atomic E-state index is 0.0544. The van der Waals surface area contributed by atoms with Crippen LogP contribution in [0, 0.1) is 5.92 Å². The smallest absolute Gasteiger partial charge is 0.253 e. The Hall–Kier alpha value is -1.71. The van der Waals surface area contributed by atoms with Crippen molar-refractivity contribution in [2.75, 3.05) is 25.9 Å². The molecule has 1 aromatic rings. The van der Waals surface area contributed by atoms with Crippen LogP contribution < -0.4 is 10.5 Å². The van der Waals surface area contributed by atoms with Gasteiger partial charge in [0.2, 0.25) is 0 Å². The summed E-state index contributed by atoms with van der Waals surface area (Å²) in [4.78, 5) is 14.2. The van der Waals surface area contributed by atoms with E-state index in [-0.39, 0.29) is 5.91 Å². The van der Waals surface area contributed by atoms with Crippen LogP contribution in [0.15, 0.2) is 18.2 Å². The molecule has 0 radical (unpaired) electrons. The van der Waals surface area contributed by atoms with Gasteiger partial charge in [0.25, 0.3) is 5.91 Å². The summed E-state index contributed by atoms with van der Waals surface area (Å²) >= 11 is 0. The highest BCUT2D eigenvalue weighted by molar-refractivity contribution is 5.95. The van der Waals surface area contributed by atoms with Crippen molar-refractivity contribution in [2.45, 2.75) is 19.8 Å². The van der Waals surface area contributed by atoms with Crippen molar-refractivity contribution in [3.63, 3.8) is 0 Å². The molecule has 0 spiro atoms. The van der Waals surface area contributed by atoms with E-state index < -0.39 is 0 Å². The quantitative estimate of drug-likeness (QED) is 0.812. The summed E-state index contributed by atoms with van der Waals surface area (Å²) in [5.41, 5.74) is 6.97. The fourth-order valence-electron chi connectivity index (χ4n) is 2.02. The summed E-state index contributed by atoms with van der Waals surface area (Å²) in [5.74, 6) is 1.36. The molecule has 0 saturated heterocycles. The molecule has 0 heterocycles. The summed E-state index contributed by atoms with van der Waals surface area (Å²) in [6.07, 6.45) is 2.49. The van der Waals surface area contributed by atoms with E-state index in [1.165, 1.54) is 12.8 Å². The Morgan fingerprint density at radius 3 is 2.72 bits per heavy atom. The van der Waals surface area contributed by atoms with Crippen LogP contribution in [-0.4, -0.2) is 31.0 Å². The van der Waals surface area contributed by atoms with E-state index in [1.54, 1.807) is 25.3 Å². The minimum Gasteiger partial charge on any atom is -0.495 e. The van der Waals surface area contributed by atoms with E-state index in [1.807, 2.05) is 11.8 Å². The van der Waals surface area contributed by atoms with Crippen LogP contribution in [0.3, 0.4) is 0 Å². The fourth-order valence-corrected chi connectivity index (χ4v) is 2.02. The highest BCUT2D eigenvalue weighted by Crippen LogP contribution is 2.30. The van der Waals surface area contributed by atoms with Crippen molar-refractivity contribution in [3.8, 4) is 5.75 Å². The molecule has 1 saturated carbocycles. The summed E-state index contributed by atoms with van der Waals surface area (Å²) < 4.78 is 5.09. The van der Waals surface area contributed by atoms with Gasteiger partial charge < -0.3 is 15.4 Å². The van der Waals surface area contributed by atoms with E-state index in [2.05, 4.69) is 0 Å². The van der Waals surface area contributed by atoms with Gasteiger partial charge in [0, 0.05) is 18.7 Å². The van der Waals surface area contributed by atoms with Gasteiger partial charge in [-0.3, -0.25) is 4.79 Å². The topological polar surface area (TPSA) is 55.6 Å². The summed E-state index contributed by atoms with van der Waals surface area (Å²) in [5, 5.41) is 0. The van der Waals surface area contributed by atoms with Gasteiger partial charge in [0.15, 0.2) is 0 Å². The molecule has 0 unspecified atom stereocenters. The number of amides is 1. The second-order valence-corrected chi connectivity index (χ2v) is 4.74. The summed E-state index contributed by atoms with van der Waals surface area (Å²) in [7, 11) is 1.57. The summed E-state index contributed by atoms with van der Waals surface area (Å²) in [6.45, 7) is 3.61. The minimum absolute atomic E-state index is 0.0544. The number of nitrogen functional groups attached to an aromatic ring is 1. The number of nitrogens with zero attached hydrogens (tertiary/aromatic N) is 1. The first-order valence-electron chi connectivity index (χ1n) is 6.38. The summed E-state index contributed by atoms with van der Waals surface area (Å²) in [6, 6.07) is 5.21. The van der Waals surface area contributed by atoms with E-state index >= 15 is 0 Å². The molecule has 1 amide bonds.